The number of halogens is 3. The van der Waals surface area contributed by atoms with Gasteiger partial charge in [-0.2, -0.15) is 4.68 Å². The predicted octanol–water partition coefficient (Wildman–Crippen LogP) is 3.04. The first-order valence-corrected chi connectivity index (χ1v) is 7.57. The number of carbonyl (C=O) groups excluding carboxylic acids is 1. The Labute approximate surface area is 146 Å². The lowest BCUT2D eigenvalue weighted by atomic mass is 10.2. The van der Waals surface area contributed by atoms with E-state index in [0.29, 0.717) is 16.5 Å². The molecule has 1 heterocycles. The summed E-state index contributed by atoms with van der Waals surface area (Å²) in [7, 11) is 0. The van der Waals surface area contributed by atoms with Crippen LogP contribution in [0.15, 0.2) is 42.5 Å². The standard InChI is InChI=1S/C15H10Cl2FN5O/c16-9-4-6-10(7-5-9)23-13(20-21-22-23)8-19-15(24)14-11(17)2-1-3-12(14)18/h1-7H,8H2,(H,19,24). The van der Waals surface area contributed by atoms with E-state index in [0.717, 1.165) is 0 Å². The van der Waals surface area contributed by atoms with Gasteiger partial charge in [-0.1, -0.05) is 29.3 Å². The van der Waals surface area contributed by atoms with Crippen LogP contribution in [0, 0.1) is 5.82 Å². The van der Waals surface area contributed by atoms with Crippen molar-refractivity contribution in [2.24, 2.45) is 0 Å². The van der Waals surface area contributed by atoms with Gasteiger partial charge in [-0.25, -0.2) is 4.39 Å². The fourth-order valence-electron chi connectivity index (χ4n) is 2.06. The van der Waals surface area contributed by atoms with Crippen LogP contribution in [-0.4, -0.2) is 26.1 Å². The lowest BCUT2D eigenvalue weighted by molar-refractivity contribution is 0.0945. The number of amides is 1. The van der Waals surface area contributed by atoms with Gasteiger partial charge in [0.2, 0.25) is 0 Å². The molecule has 0 saturated carbocycles. The van der Waals surface area contributed by atoms with Gasteiger partial charge < -0.3 is 5.32 Å². The summed E-state index contributed by atoms with van der Waals surface area (Å²) in [5.41, 5.74) is 0.460. The van der Waals surface area contributed by atoms with Gasteiger partial charge in [-0.05, 0) is 46.8 Å². The smallest absolute Gasteiger partial charge is 0.256 e. The van der Waals surface area contributed by atoms with Crippen molar-refractivity contribution in [2.45, 2.75) is 6.54 Å². The third-order valence-electron chi connectivity index (χ3n) is 3.20. The molecule has 6 nitrogen and oxygen atoms in total. The van der Waals surface area contributed by atoms with E-state index in [1.807, 2.05) is 0 Å². The van der Waals surface area contributed by atoms with Crippen LogP contribution in [0.25, 0.3) is 5.69 Å². The summed E-state index contributed by atoms with van der Waals surface area (Å²) in [6, 6.07) is 10.9. The highest BCUT2D eigenvalue weighted by Crippen LogP contribution is 2.19. The Morgan fingerprint density at radius 1 is 1.17 bits per heavy atom. The molecule has 24 heavy (non-hydrogen) atoms. The summed E-state index contributed by atoms with van der Waals surface area (Å²) in [6.45, 7) is -0.000870. The van der Waals surface area contributed by atoms with E-state index in [-0.39, 0.29) is 17.1 Å². The molecular formula is C15H10Cl2FN5O. The number of carbonyl (C=O) groups is 1. The van der Waals surface area contributed by atoms with Gasteiger partial charge in [0.25, 0.3) is 5.91 Å². The first-order valence-electron chi connectivity index (χ1n) is 6.81. The van der Waals surface area contributed by atoms with E-state index in [9.17, 15) is 9.18 Å². The van der Waals surface area contributed by atoms with E-state index in [4.69, 9.17) is 23.2 Å². The van der Waals surface area contributed by atoms with Crippen molar-refractivity contribution >= 4 is 29.1 Å². The number of tetrazole rings is 1. The summed E-state index contributed by atoms with van der Waals surface area (Å²) < 4.78 is 15.2. The van der Waals surface area contributed by atoms with Gasteiger partial charge in [-0.3, -0.25) is 4.79 Å². The van der Waals surface area contributed by atoms with Gasteiger partial charge >= 0.3 is 0 Å². The fourth-order valence-corrected chi connectivity index (χ4v) is 2.44. The predicted molar refractivity (Wildman–Crippen MR) is 86.7 cm³/mol. The molecule has 0 spiro atoms. The number of aromatic nitrogens is 4. The van der Waals surface area contributed by atoms with E-state index >= 15 is 0 Å². The first kappa shape index (κ1) is 16.4. The molecule has 0 aliphatic heterocycles. The normalized spacial score (nSPS) is 10.6. The van der Waals surface area contributed by atoms with Crippen LogP contribution in [0.4, 0.5) is 4.39 Å². The van der Waals surface area contributed by atoms with Gasteiger partial charge in [0.1, 0.15) is 5.82 Å². The molecule has 9 heteroatoms. The van der Waals surface area contributed by atoms with E-state index in [1.165, 1.54) is 22.9 Å². The molecule has 1 aromatic heterocycles. The number of hydrogen-bond acceptors (Lipinski definition) is 4. The maximum absolute atomic E-state index is 13.7. The second-order valence-electron chi connectivity index (χ2n) is 4.76. The Kier molecular flexibility index (Phi) is 4.73. The third kappa shape index (κ3) is 3.37. The molecule has 1 amide bonds. The minimum absolute atomic E-state index is 0.000870. The summed E-state index contributed by atoms with van der Waals surface area (Å²) in [6.07, 6.45) is 0. The highest BCUT2D eigenvalue weighted by molar-refractivity contribution is 6.33. The Morgan fingerprint density at radius 3 is 2.62 bits per heavy atom. The molecule has 0 aliphatic rings. The second-order valence-corrected chi connectivity index (χ2v) is 5.61. The van der Waals surface area contributed by atoms with Crippen molar-refractivity contribution in [3.05, 3.63) is 69.7 Å². The van der Waals surface area contributed by atoms with Crippen LogP contribution in [0.1, 0.15) is 16.2 Å². The average molecular weight is 366 g/mol. The molecule has 0 atom stereocenters. The molecule has 1 N–H and O–H groups in total. The quantitative estimate of drug-likeness (QED) is 0.771. The molecule has 122 valence electrons. The lowest BCUT2D eigenvalue weighted by Gasteiger charge is -2.08. The SMILES string of the molecule is O=C(NCc1nnnn1-c1ccc(Cl)cc1)c1c(F)cccc1Cl. The van der Waals surface area contributed by atoms with Crippen molar-refractivity contribution in [1.29, 1.82) is 0 Å². The number of nitrogens with zero attached hydrogens (tertiary/aromatic N) is 4. The van der Waals surface area contributed by atoms with Crippen molar-refractivity contribution in [3.63, 3.8) is 0 Å². The third-order valence-corrected chi connectivity index (χ3v) is 3.77. The first-order chi connectivity index (χ1) is 11.6. The molecule has 0 unspecified atom stereocenters. The topological polar surface area (TPSA) is 72.7 Å². The molecule has 2 aromatic carbocycles. The summed E-state index contributed by atoms with van der Waals surface area (Å²) in [4.78, 5) is 12.1. The second kappa shape index (κ2) is 6.94. The molecule has 0 radical (unpaired) electrons. The average Bonchev–Trinajstić information content (AvgIpc) is 3.02. The number of nitrogens with one attached hydrogen (secondary N) is 1. The van der Waals surface area contributed by atoms with Crippen molar-refractivity contribution < 1.29 is 9.18 Å². The summed E-state index contributed by atoms with van der Waals surface area (Å²) >= 11 is 11.7. The minimum Gasteiger partial charge on any atom is -0.345 e. The van der Waals surface area contributed by atoms with Crippen LogP contribution >= 0.6 is 23.2 Å². The van der Waals surface area contributed by atoms with Crippen molar-refractivity contribution in [1.82, 2.24) is 25.5 Å². The zero-order chi connectivity index (χ0) is 17.1. The molecular weight excluding hydrogens is 356 g/mol. The van der Waals surface area contributed by atoms with Gasteiger partial charge in [0.15, 0.2) is 5.82 Å². The van der Waals surface area contributed by atoms with Gasteiger partial charge in [-0.15, -0.1) is 5.10 Å². The Balaban J connectivity index is 1.77. The Hall–Kier alpha value is -2.51. The van der Waals surface area contributed by atoms with Crippen LogP contribution in [0.3, 0.4) is 0 Å². The van der Waals surface area contributed by atoms with Crippen LogP contribution in [0.2, 0.25) is 10.0 Å². The largest absolute Gasteiger partial charge is 0.345 e. The van der Waals surface area contributed by atoms with Crippen LogP contribution in [0.5, 0.6) is 0 Å². The van der Waals surface area contributed by atoms with Gasteiger partial charge in [0, 0.05) is 5.02 Å². The molecule has 0 saturated heterocycles. The molecule has 0 fully saturated rings. The fraction of sp³-hybridized carbons (Fsp3) is 0.0667. The maximum Gasteiger partial charge on any atom is 0.256 e. The Bertz CT molecular complexity index is 862. The number of rotatable bonds is 4. The molecule has 0 aliphatic carbocycles. The van der Waals surface area contributed by atoms with Crippen LogP contribution < -0.4 is 5.32 Å². The van der Waals surface area contributed by atoms with Crippen molar-refractivity contribution in [2.75, 3.05) is 0 Å². The Morgan fingerprint density at radius 2 is 1.92 bits per heavy atom. The maximum atomic E-state index is 13.7. The highest BCUT2D eigenvalue weighted by Gasteiger charge is 2.17. The molecule has 0 bridgehead atoms. The monoisotopic (exact) mass is 365 g/mol. The van der Waals surface area contributed by atoms with E-state index in [1.54, 1.807) is 24.3 Å². The summed E-state index contributed by atoms with van der Waals surface area (Å²) in [5, 5.41) is 14.5. The minimum atomic E-state index is -0.697. The zero-order valence-corrected chi connectivity index (χ0v) is 13.6. The highest BCUT2D eigenvalue weighted by atomic mass is 35.5. The van der Waals surface area contributed by atoms with E-state index in [2.05, 4.69) is 20.8 Å². The van der Waals surface area contributed by atoms with E-state index < -0.39 is 11.7 Å². The van der Waals surface area contributed by atoms with Crippen LogP contribution in [-0.2, 0) is 6.54 Å². The van der Waals surface area contributed by atoms with Gasteiger partial charge in [0.05, 0.1) is 22.8 Å². The molecule has 3 aromatic rings. The van der Waals surface area contributed by atoms with Crippen molar-refractivity contribution in [3.8, 4) is 5.69 Å². The number of hydrogen-bond donors (Lipinski definition) is 1. The zero-order valence-electron chi connectivity index (χ0n) is 12.1. The lowest BCUT2D eigenvalue weighted by Crippen LogP contribution is -2.26. The summed E-state index contributed by atoms with van der Waals surface area (Å²) in [5.74, 6) is -0.973. The number of benzene rings is 2. The molecule has 3 rings (SSSR count).